The number of ether oxygens (including phenoxy) is 1. The first-order valence-electron chi connectivity index (χ1n) is 15.6. The van der Waals surface area contributed by atoms with Gasteiger partial charge in [-0.15, -0.1) is 0 Å². The minimum absolute atomic E-state index is 0.0646. The fourth-order valence-corrected chi connectivity index (χ4v) is 6.85. The lowest BCUT2D eigenvalue weighted by Gasteiger charge is -2.27. The van der Waals surface area contributed by atoms with Crippen molar-refractivity contribution < 1.29 is 17.9 Å². The standard InChI is InChI=1S/C34H44N6O4S/c1-7-39(33(41)44-34(4,5)6)14-13-25(3)40-23-27(20-36-40)31-21-35-30-10-8-9-29(32(30)37-31)28-12-11-26(19-24(28)2)22-38-15-17-45(42,43)18-16-38/h8-12,19-21,23,25H,7,13-18,22H2,1-6H3. The third-order valence-corrected chi connectivity index (χ3v) is 9.81. The SMILES string of the molecule is CCN(CCC(C)n1cc(-c2cnc3cccc(-c4ccc(CN5CCS(=O)(=O)CC5)cc4C)c3n2)cn1)C(=O)OC(C)(C)C. The summed E-state index contributed by atoms with van der Waals surface area (Å²) >= 11 is 0. The first kappa shape index (κ1) is 32.6. The van der Waals surface area contributed by atoms with E-state index in [2.05, 4.69) is 48.1 Å². The van der Waals surface area contributed by atoms with Crippen LogP contribution in [0, 0.1) is 6.92 Å². The summed E-state index contributed by atoms with van der Waals surface area (Å²) in [4.78, 5) is 26.3. The van der Waals surface area contributed by atoms with Crippen LogP contribution in [0.25, 0.3) is 33.4 Å². The Kier molecular flexibility index (Phi) is 9.60. The highest BCUT2D eigenvalue weighted by molar-refractivity contribution is 7.91. The molecular formula is C34H44N6O4S. The fourth-order valence-electron chi connectivity index (χ4n) is 5.57. The van der Waals surface area contributed by atoms with Crippen molar-refractivity contribution in [3.63, 3.8) is 0 Å². The maximum absolute atomic E-state index is 12.5. The Morgan fingerprint density at radius 3 is 2.53 bits per heavy atom. The maximum atomic E-state index is 12.5. The number of para-hydroxylation sites is 1. The van der Waals surface area contributed by atoms with Crippen LogP contribution in [0.5, 0.6) is 0 Å². The number of carbonyl (C=O) groups is 1. The molecule has 240 valence electrons. The second-order valence-corrected chi connectivity index (χ2v) is 15.2. The van der Waals surface area contributed by atoms with E-state index < -0.39 is 15.4 Å². The fraction of sp³-hybridized carbons (Fsp3) is 0.471. The lowest BCUT2D eigenvalue weighted by molar-refractivity contribution is 0.0252. The third-order valence-electron chi connectivity index (χ3n) is 8.20. The van der Waals surface area contributed by atoms with Crippen molar-refractivity contribution >= 4 is 27.0 Å². The van der Waals surface area contributed by atoms with E-state index in [4.69, 9.17) is 14.7 Å². The van der Waals surface area contributed by atoms with Crippen LogP contribution >= 0.6 is 0 Å². The normalized spacial score (nSPS) is 16.0. The van der Waals surface area contributed by atoms with Crippen LogP contribution in [0.2, 0.25) is 0 Å². The first-order valence-corrected chi connectivity index (χ1v) is 17.4. The Morgan fingerprint density at radius 1 is 1.09 bits per heavy atom. The molecule has 0 saturated carbocycles. The molecule has 1 atom stereocenters. The summed E-state index contributed by atoms with van der Waals surface area (Å²) in [6.45, 7) is 14.8. The molecule has 0 spiro atoms. The molecule has 3 heterocycles. The number of fused-ring (bicyclic) bond motifs is 1. The third kappa shape index (κ3) is 8.07. The predicted octanol–water partition coefficient (Wildman–Crippen LogP) is 5.91. The molecule has 0 aliphatic carbocycles. The number of hydrogen-bond acceptors (Lipinski definition) is 8. The van der Waals surface area contributed by atoms with E-state index in [1.165, 1.54) is 0 Å². The molecular weight excluding hydrogens is 588 g/mol. The molecule has 1 amide bonds. The van der Waals surface area contributed by atoms with E-state index in [9.17, 15) is 13.2 Å². The zero-order chi connectivity index (χ0) is 32.4. The monoisotopic (exact) mass is 632 g/mol. The number of hydrogen-bond donors (Lipinski definition) is 0. The van der Waals surface area contributed by atoms with Gasteiger partial charge in [0.05, 0.1) is 46.7 Å². The molecule has 4 aromatic rings. The van der Waals surface area contributed by atoms with Crippen molar-refractivity contribution in [1.82, 2.24) is 29.5 Å². The van der Waals surface area contributed by atoms with Gasteiger partial charge in [0.25, 0.3) is 0 Å². The van der Waals surface area contributed by atoms with Gasteiger partial charge < -0.3 is 9.64 Å². The molecule has 11 heteroatoms. The summed E-state index contributed by atoms with van der Waals surface area (Å²) in [7, 11) is -2.90. The molecule has 5 rings (SSSR count). The second kappa shape index (κ2) is 13.3. The Morgan fingerprint density at radius 2 is 1.84 bits per heavy atom. The number of aromatic nitrogens is 4. The summed E-state index contributed by atoms with van der Waals surface area (Å²) in [6, 6.07) is 12.6. The number of aryl methyl sites for hydroxylation is 1. The average molecular weight is 633 g/mol. The molecule has 1 aliphatic heterocycles. The van der Waals surface area contributed by atoms with Crippen molar-refractivity contribution in [2.24, 2.45) is 0 Å². The minimum atomic E-state index is -2.90. The predicted molar refractivity (Wildman–Crippen MR) is 178 cm³/mol. The molecule has 45 heavy (non-hydrogen) atoms. The van der Waals surface area contributed by atoms with Crippen LogP contribution in [0.4, 0.5) is 4.79 Å². The quantitative estimate of drug-likeness (QED) is 0.224. The number of sulfone groups is 1. The summed E-state index contributed by atoms with van der Waals surface area (Å²) in [5.41, 5.74) is 7.12. The van der Waals surface area contributed by atoms with Crippen LogP contribution in [0.1, 0.15) is 58.2 Å². The van der Waals surface area contributed by atoms with E-state index in [-0.39, 0.29) is 23.6 Å². The number of carbonyl (C=O) groups excluding carboxylic acids is 1. The van der Waals surface area contributed by atoms with Gasteiger partial charge in [0, 0.05) is 50.0 Å². The van der Waals surface area contributed by atoms with E-state index in [1.807, 2.05) is 56.9 Å². The topological polar surface area (TPSA) is 111 Å². The van der Waals surface area contributed by atoms with Crippen LogP contribution in [0.3, 0.4) is 0 Å². The van der Waals surface area contributed by atoms with Crippen LogP contribution in [0.15, 0.2) is 55.0 Å². The molecule has 1 aliphatic rings. The van der Waals surface area contributed by atoms with Gasteiger partial charge in [-0.25, -0.2) is 18.2 Å². The summed E-state index contributed by atoms with van der Waals surface area (Å²) < 4.78 is 31.1. The molecule has 10 nitrogen and oxygen atoms in total. The molecule has 0 N–H and O–H groups in total. The van der Waals surface area contributed by atoms with Crippen molar-refractivity contribution in [3.05, 3.63) is 66.1 Å². The van der Waals surface area contributed by atoms with E-state index in [1.54, 1.807) is 11.1 Å². The highest BCUT2D eigenvalue weighted by atomic mass is 32.2. The highest BCUT2D eigenvalue weighted by Crippen LogP contribution is 2.31. The zero-order valence-corrected chi connectivity index (χ0v) is 28.0. The highest BCUT2D eigenvalue weighted by Gasteiger charge is 2.23. The zero-order valence-electron chi connectivity index (χ0n) is 27.2. The molecule has 2 aromatic heterocycles. The van der Waals surface area contributed by atoms with E-state index >= 15 is 0 Å². The molecule has 2 aromatic carbocycles. The first-order chi connectivity index (χ1) is 21.3. The van der Waals surface area contributed by atoms with Gasteiger partial charge in [0.2, 0.25) is 0 Å². The summed E-state index contributed by atoms with van der Waals surface area (Å²) in [6.07, 6.45) is 6.01. The Balaban J connectivity index is 1.32. The lowest BCUT2D eigenvalue weighted by atomic mass is 9.97. The molecule has 1 saturated heterocycles. The van der Waals surface area contributed by atoms with Gasteiger partial charge in [0.15, 0.2) is 9.84 Å². The van der Waals surface area contributed by atoms with Gasteiger partial charge in [0.1, 0.15) is 5.60 Å². The Hall–Kier alpha value is -3.83. The molecule has 0 radical (unpaired) electrons. The second-order valence-electron chi connectivity index (χ2n) is 12.9. The van der Waals surface area contributed by atoms with Crippen LogP contribution < -0.4 is 0 Å². The smallest absolute Gasteiger partial charge is 0.410 e. The van der Waals surface area contributed by atoms with Crippen LogP contribution in [-0.4, -0.2) is 87.3 Å². The minimum Gasteiger partial charge on any atom is -0.444 e. The van der Waals surface area contributed by atoms with Crippen molar-refractivity contribution in [1.29, 1.82) is 0 Å². The molecule has 1 fully saturated rings. The van der Waals surface area contributed by atoms with Crippen LogP contribution in [-0.2, 0) is 21.1 Å². The largest absolute Gasteiger partial charge is 0.444 e. The summed E-state index contributed by atoms with van der Waals surface area (Å²) in [5.74, 6) is 0.453. The van der Waals surface area contributed by atoms with Crippen molar-refractivity contribution in [2.45, 2.75) is 66.2 Å². The van der Waals surface area contributed by atoms with Gasteiger partial charge in [-0.2, -0.15) is 5.10 Å². The van der Waals surface area contributed by atoms with Gasteiger partial charge in [-0.05, 0) is 70.7 Å². The number of benzene rings is 2. The number of nitrogens with zero attached hydrogens (tertiary/aromatic N) is 6. The van der Waals surface area contributed by atoms with Gasteiger partial charge in [-0.1, -0.05) is 30.3 Å². The number of rotatable bonds is 9. The number of amides is 1. The van der Waals surface area contributed by atoms with Crippen molar-refractivity contribution in [2.75, 3.05) is 37.7 Å². The lowest BCUT2D eigenvalue weighted by Crippen LogP contribution is -2.39. The van der Waals surface area contributed by atoms with E-state index in [0.717, 1.165) is 57.5 Å². The average Bonchev–Trinajstić information content (AvgIpc) is 3.48. The van der Waals surface area contributed by atoms with Gasteiger partial charge >= 0.3 is 6.09 Å². The Labute approximate surface area is 266 Å². The Bertz CT molecular complexity index is 1770. The molecule has 0 bridgehead atoms. The summed E-state index contributed by atoms with van der Waals surface area (Å²) in [5, 5.41) is 4.62. The maximum Gasteiger partial charge on any atom is 0.410 e. The molecule has 1 unspecified atom stereocenters. The van der Waals surface area contributed by atoms with Gasteiger partial charge in [-0.3, -0.25) is 14.6 Å². The van der Waals surface area contributed by atoms with E-state index in [0.29, 0.717) is 26.2 Å². The van der Waals surface area contributed by atoms with Crippen molar-refractivity contribution in [3.8, 4) is 22.4 Å².